The van der Waals surface area contributed by atoms with Crippen LogP contribution in [0.25, 0.3) is 17.1 Å². The molecule has 0 bridgehead atoms. The minimum atomic E-state index is 0.0979. The van der Waals surface area contributed by atoms with Crippen LogP contribution in [0, 0.1) is 11.3 Å². The number of aromatic nitrogens is 3. The van der Waals surface area contributed by atoms with Gasteiger partial charge in [0.25, 0.3) is 0 Å². The lowest BCUT2D eigenvalue weighted by molar-refractivity contribution is 0.590. The number of rotatable bonds is 5. The molecular formula is C21H21ClN4S. The van der Waals surface area contributed by atoms with E-state index in [2.05, 4.69) is 61.3 Å². The van der Waals surface area contributed by atoms with Crippen molar-refractivity contribution in [3.63, 3.8) is 0 Å². The second-order valence-electron chi connectivity index (χ2n) is 7.20. The minimum Gasteiger partial charge on any atom is -0.270 e. The summed E-state index contributed by atoms with van der Waals surface area (Å²) in [6, 6.07) is 18.2. The van der Waals surface area contributed by atoms with Crippen LogP contribution in [0.1, 0.15) is 32.8 Å². The molecular weight excluding hydrogens is 376 g/mol. The molecule has 1 heterocycles. The average Bonchev–Trinajstić information content (AvgIpc) is 3.06. The highest BCUT2D eigenvalue weighted by Gasteiger charge is 2.18. The molecule has 4 nitrogen and oxygen atoms in total. The monoisotopic (exact) mass is 396 g/mol. The molecule has 0 aliphatic carbocycles. The van der Waals surface area contributed by atoms with Crippen LogP contribution in [0.2, 0.25) is 5.02 Å². The topological polar surface area (TPSA) is 54.5 Å². The second-order valence-corrected chi connectivity index (χ2v) is 8.70. The third-order valence-electron chi connectivity index (χ3n) is 4.17. The van der Waals surface area contributed by atoms with Crippen molar-refractivity contribution in [1.29, 1.82) is 5.26 Å². The molecule has 0 amide bonds. The fraction of sp³-hybridized carbons (Fsp3) is 0.286. The van der Waals surface area contributed by atoms with Crippen molar-refractivity contribution in [3.05, 3.63) is 59.1 Å². The van der Waals surface area contributed by atoms with Gasteiger partial charge in [0, 0.05) is 28.4 Å². The number of halogens is 1. The predicted molar refractivity (Wildman–Crippen MR) is 111 cm³/mol. The van der Waals surface area contributed by atoms with E-state index in [0.717, 1.165) is 22.2 Å². The second kappa shape index (κ2) is 8.16. The molecule has 0 radical (unpaired) electrons. The van der Waals surface area contributed by atoms with Gasteiger partial charge >= 0.3 is 0 Å². The first-order valence-corrected chi connectivity index (χ1v) is 10.1. The van der Waals surface area contributed by atoms with Crippen molar-refractivity contribution < 1.29 is 0 Å². The molecule has 0 unspecified atom stereocenters. The SMILES string of the molecule is CC(C)(C)c1ccc(-c2nnc(SCCC#N)n2-c2ccc(Cl)cc2)cc1. The van der Waals surface area contributed by atoms with E-state index in [1.807, 2.05) is 28.8 Å². The Labute approximate surface area is 169 Å². The lowest BCUT2D eigenvalue weighted by Gasteiger charge is -2.19. The molecule has 0 fully saturated rings. The Kier molecular flexibility index (Phi) is 5.88. The third-order valence-corrected chi connectivity index (χ3v) is 5.35. The van der Waals surface area contributed by atoms with Crippen molar-refractivity contribution in [3.8, 4) is 23.1 Å². The number of benzene rings is 2. The molecule has 6 heteroatoms. The van der Waals surface area contributed by atoms with Crippen LogP contribution in [0.4, 0.5) is 0 Å². The van der Waals surface area contributed by atoms with Crippen molar-refractivity contribution in [2.45, 2.75) is 37.8 Å². The number of hydrogen-bond acceptors (Lipinski definition) is 4. The quantitative estimate of drug-likeness (QED) is 0.398. The Morgan fingerprint density at radius 2 is 1.70 bits per heavy atom. The van der Waals surface area contributed by atoms with Crippen molar-refractivity contribution in [1.82, 2.24) is 14.8 Å². The first-order chi connectivity index (χ1) is 12.9. The molecule has 2 aromatic carbocycles. The summed E-state index contributed by atoms with van der Waals surface area (Å²) in [7, 11) is 0. The summed E-state index contributed by atoms with van der Waals surface area (Å²) in [5.41, 5.74) is 3.31. The zero-order valence-corrected chi connectivity index (χ0v) is 17.2. The Balaban J connectivity index is 2.04. The van der Waals surface area contributed by atoms with Crippen molar-refractivity contribution in [2.75, 3.05) is 5.75 Å². The van der Waals surface area contributed by atoms with Crippen LogP contribution in [0.15, 0.2) is 53.7 Å². The molecule has 3 aromatic rings. The zero-order chi connectivity index (χ0) is 19.4. The van der Waals surface area contributed by atoms with Crippen LogP contribution in [0.5, 0.6) is 0 Å². The van der Waals surface area contributed by atoms with Crippen LogP contribution >= 0.6 is 23.4 Å². The van der Waals surface area contributed by atoms with Gasteiger partial charge in [-0.25, -0.2) is 0 Å². The average molecular weight is 397 g/mol. The maximum atomic E-state index is 8.82. The Bertz CT molecular complexity index is 948. The normalized spacial score (nSPS) is 11.4. The van der Waals surface area contributed by atoms with Gasteiger partial charge < -0.3 is 0 Å². The number of nitriles is 1. The molecule has 0 aliphatic rings. The summed E-state index contributed by atoms with van der Waals surface area (Å²) in [5.74, 6) is 1.45. The molecule has 1 aromatic heterocycles. The molecule has 0 aliphatic heterocycles. The van der Waals surface area contributed by atoms with Gasteiger partial charge in [0.2, 0.25) is 0 Å². The van der Waals surface area contributed by atoms with Crippen LogP contribution in [-0.2, 0) is 5.41 Å². The molecule has 0 N–H and O–H groups in total. The highest BCUT2D eigenvalue weighted by atomic mass is 35.5. The summed E-state index contributed by atoms with van der Waals surface area (Å²) in [4.78, 5) is 0. The number of thioether (sulfide) groups is 1. The first kappa shape index (κ1) is 19.5. The smallest absolute Gasteiger partial charge is 0.196 e. The van der Waals surface area contributed by atoms with Gasteiger partial charge in [0.15, 0.2) is 11.0 Å². The van der Waals surface area contributed by atoms with E-state index in [-0.39, 0.29) is 5.41 Å². The minimum absolute atomic E-state index is 0.0979. The van der Waals surface area contributed by atoms with Gasteiger partial charge in [-0.2, -0.15) is 5.26 Å². The van der Waals surface area contributed by atoms with Crippen molar-refractivity contribution in [2.24, 2.45) is 0 Å². The Hall–Kier alpha value is -2.29. The van der Waals surface area contributed by atoms with Crippen LogP contribution < -0.4 is 0 Å². The third kappa shape index (κ3) is 4.52. The largest absolute Gasteiger partial charge is 0.270 e. The fourth-order valence-electron chi connectivity index (χ4n) is 2.68. The zero-order valence-electron chi connectivity index (χ0n) is 15.6. The predicted octanol–water partition coefficient (Wildman–Crippen LogP) is 5.89. The lowest BCUT2D eigenvalue weighted by Crippen LogP contribution is -2.10. The molecule has 3 rings (SSSR count). The van der Waals surface area contributed by atoms with Gasteiger partial charge in [0.05, 0.1) is 6.07 Å². The molecule has 0 saturated heterocycles. The fourth-order valence-corrected chi connectivity index (χ4v) is 3.60. The number of hydrogen-bond donors (Lipinski definition) is 0. The number of nitrogens with zero attached hydrogens (tertiary/aromatic N) is 4. The van der Waals surface area contributed by atoms with Crippen LogP contribution in [0.3, 0.4) is 0 Å². The highest BCUT2D eigenvalue weighted by molar-refractivity contribution is 7.99. The summed E-state index contributed by atoms with van der Waals surface area (Å²) in [5, 5.41) is 19.1. The summed E-state index contributed by atoms with van der Waals surface area (Å²) >= 11 is 7.58. The maximum absolute atomic E-state index is 8.82. The molecule has 138 valence electrons. The van der Waals surface area contributed by atoms with E-state index >= 15 is 0 Å². The summed E-state index contributed by atoms with van der Waals surface area (Å²) in [6.45, 7) is 6.59. The van der Waals surface area contributed by atoms with Gasteiger partial charge in [-0.3, -0.25) is 4.57 Å². The Morgan fingerprint density at radius 1 is 1.04 bits per heavy atom. The van der Waals surface area contributed by atoms with E-state index in [0.29, 0.717) is 17.2 Å². The van der Waals surface area contributed by atoms with Gasteiger partial charge in [0.1, 0.15) is 0 Å². The molecule has 0 spiro atoms. The van der Waals surface area contributed by atoms with E-state index in [1.54, 1.807) is 0 Å². The van der Waals surface area contributed by atoms with E-state index in [9.17, 15) is 0 Å². The van der Waals surface area contributed by atoms with Crippen LogP contribution in [-0.4, -0.2) is 20.5 Å². The van der Waals surface area contributed by atoms with E-state index in [4.69, 9.17) is 16.9 Å². The lowest BCUT2D eigenvalue weighted by atomic mass is 9.87. The molecule has 27 heavy (non-hydrogen) atoms. The Morgan fingerprint density at radius 3 is 2.30 bits per heavy atom. The standard InChI is InChI=1S/C21H21ClN4S/c1-21(2,3)16-7-5-15(6-8-16)19-24-25-20(27-14-4-13-23)26(19)18-11-9-17(22)10-12-18/h5-12H,4,14H2,1-3H3. The first-order valence-electron chi connectivity index (χ1n) is 8.72. The summed E-state index contributed by atoms with van der Waals surface area (Å²) in [6.07, 6.45) is 0.466. The van der Waals surface area contributed by atoms with E-state index < -0.39 is 0 Å². The van der Waals surface area contributed by atoms with Crippen molar-refractivity contribution >= 4 is 23.4 Å². The molecule has 0 atom stereocenters. The molecule has 0 saturated carbocycles. The maximum Gasteiger partial charge on any atom is 0.196 e. The van der Waals surface area contributed by atoms with Gasteiger partial charge in [-0.1, -0.05) is 68.4 Å². The highest BCUT2D eigenvalue weighted by Crippen LogP contribution is 2.30. The van der Waals surface area contributed by atoms with Gasteiger partial charge in [-0.15, -0.1) is 10.2 Å². The van der Waals surface area contributed by atoms with E-state index in [1.165, 1.54) is 17.3 Å². The summed E-state index contributed by atoms with van der Waals surface area (Å²) < 4.78 is 2.02. The van der Waals surface area contributed by atoms with Gasteiger partial charge in [-0.05, 0) is 35.2 Å².